The highest BCUT2D eigenvalue weighted by molar-refractivity contribution is 5.91. The van der Waals surface area contributed by atoms with Crippen LogP contribution in [0.1, 0.15) is 24.6 Å². The van der Waals surface area contributed by atoms with Gasteiger partial charge in [-0.2, -0.15) is 5.26 Å². The van der Waals surface area contributed by atoms with Gasteiger partial charge in [-0.05, 0) is 44.0 Å². The minimum Gasteiger partial charge on any atom is -0.368 e. The molecule has 32 heavy (non-hydrogen) atoms. The number of nitriles is 1. The molecule has 1 aliphatic rings. The second-order valence-electron chi connectivity index (χ2n) is 8.59. The van der Waals surface area contributed by atoms with Gasteiger partial charge in [0.2, 0.25) is 0 Å². The first-order valence-corrected chi connectivity index (χ1v) is 10.4. The van der Waals surface area contributed by atoms with Gasteiger partial charge in [-0.3, -0.25) is 9.97 Å². The summed E-state index contributed by atoms with van der Waals surface area (Å²) in [5, 5.41) is 9.32. The lowest BCUT2D eigenvalue weighted by atomic mass is 9.99. The van der Waals surface area contributed by atoms with Crippen LogP contribution in [-0.4, -0.2) is 38.6 Å². The van der Waals surface area contributed by atoms with Gasteiger partial charge in [-0.15, -0.1) is 0 Å². The molecule has 1 saturated heterocycles. The third-order valence-electron chi connectivity index (χ3n) is 5.98. The lowest BCUT2D eigenvalue weighted by molar-refractivity contribution is 0.525. The molecule has 0 amide bonds. The number of H-pyrrole nitrogens is 1. The number of aromatic nitrogens is 4. The first-order valence-electron chi connectivity index (χ1n) is 10.4. The Bertz CT molecular complexity index is 1380. The number of anilines is 1. The summed E-state index contributed by atoms with van der Waals surface area (Å²) in [7, 11) is 0. The smallest absolute Gasteiger partial charge is 0.142 e. The standard InChI is InChI=1S/C24H22FN7/c1-14-21-20(5-7-29-14)30-23(31-21)18-12-28-11-17(15-3-4-19(25)16(9-15)10-26)22(18)32-8-6-24(2,27)13-32/h3-5,7,9,11-12H,6,8,13,27H2,1-2H3,(H,30,31). The van der Waals surface area contributed by atoms with Crippen LogP contribution in [0.15, 0.2) is 42.9 Å². The maximum Gasteiger partial charge on any atom is 0.142 e. The summed E-state index contributed by atoms with van der Waals surface area (Å²) in [4.78, 5) is 19.2. The van der Waals surface area contributed by atoms with Gasteiger partial charge in [0.05, 0.1) is 28.0 Å². The topological polar surface area (TPSA) is 108 Å². The lowest BCUT2D eigenvalue weighted by Gasteiger charge is -2.26. The molecule has 8 heteroatoms. The van der Waals surface area contributed by atoms with Gasteiger partial charge in [0, 0.05) is 42.8 Å². The van der Waals surface area contributed by atoms with Crippen LogP contribution in [0.3, 0.4) is 0 Å². The third kappa shape index (κ3) is 3.37. The van der Waals surface area contributed by atoms with Gasteiger partial charge in [0.25, 0.3) is 0 Å². The molecular formula is C24H22FN7. The van der Waals surface area contributed by atoms with E-state index in [1.165, 1.54) is 6.07 Å². The Labute approximate surface area is 184 Å². The van der Waals surface area contributed by atoms with Crippen LogP contribution in [0.5, 0.6) is 0 Å². The molecule has 1 aliphatic heterocycles. The average molecular weight is 427 g/mol. The van der Waals surface area contributed by atoms with Crippen LogP contribution in [-0.2, 0) is 0 Å². The van der Waals surface area contributed by atoms with Crippen LogP contribution in [0, 0.1) is 24.1 Å². The second-order valence-corrected chi connectivity index (χ2v) is 8.59. The number of benzene rings is 1. The summed E-state index contributed by atoms with van der Waals surface area (Å²) in [5.74, 6) is 0.131. The Hall–Kier alpha value is -3.83. The third-order valence-corrected chi connectivity index (χ3v) is 5.98. The summed E-state index contributed by atoms with van der Waals surface area (Å²) >= 11 is 0. The van der Waals surface area contributed by atoms with E-state index in [4.69, 9.17) is 10.7 Å². The fourth-order valence-corrected chi connectivity index (χ4v) is 4.33. The van der Waals surface area contributed by atoms with E-state index in [1.54, 1.807) is 30.7 Å². The van der Waals surface area contributed by atoms with Crippen molar-refractivity contribution < 1.29 is 4.39 Å². The molecule has 3 aromatic heterocycles. The zero-order valence-corrected chi connectivity index (χ0v) is 17.9. The van der Waals surface area contributed by atoms with Crippen LogP contribution < -0.4 is 10.6 Å². The summed E-state index contributed by atoms with van der Waals surface area (Å²) < 4.78 is 14.0. The molecule has 1 atom stereocenters. The fraction of sp³-hybridized carbons (Fsp3) is 0.250. The SMILES string of the molecule is Cc1nccc2[nH]c(-c3cncc(-c4ccc(F)c(C#N)c4)c3N3CCC(C)(N)C3)nc12. The number of rotatable bonds is 3. The predicted molar refractivity (Wildman–Crippen MR) is 121 cm³/mol. The number of nitrogens with zero attached hydrogens (tertiary/aromatic N) is 5. The van der Waals surface area contributed by atoms with Crippen molar-refractivity contribution >= 4 is 16.7 Å². The van der Waals surface area contributed by atoms with Gasteiger partial charge >= 0.3 is 0 Å². The van der Waals surface area contributed by atoms with E-state index in [0.29, 0.717) is 17.9 Å². The van der Waals surface area contributed by atoms with Crippen molar-refractivity contribution in [3.05, 3.63) is 59.9 Å². The van der Waals surface area contributed by atoms with Crippen LogP contribution in [0.25, 0.3) is 33.5 Å². The number of hydrogen-bond donors (Lipinski definition) is 2. The van der Waals surface area contributed by atoms with Gasteiger partial charge in [-0.25, -0.2) is 9.37 Å². The molecule has 4 heterocycles. The molecule has 0 bridgehead atoms. The second kappa shape index (κ2) is 7.39. The average Bonchev–Trinajstić information content (AvgIpc) is 3.37. The minimum atomic E-state index is -0.544. The van der Waals surface area contributed by atoms with E-state index in [1.807, 2.05) is 26.0 Å². The van der Waals surface area contributed by atoms with Crippen LogP contribution in [0.2, 0.25) is 0 Å². The number of hydrogen-bond acceptors (Lipinski definition) is 6. The Kier molecular flexibility index (Phi) is 4.64. The summed E-state index contributed by atoms with van der Waals surface area (Å²) in [6, 6.07) is 8.36. The van der Waals surface area contributed by atoms with E-state index < -0.39 is 5.82 Å². The molecular weight excluding hydrogens is 405 g/mol. The van der Waals surface area contributed by atoms with Gasteiger partial charge in [-0.1, -0.05) is 6.07 Å². The fourth-order valence-electron chi connectivity index (χ4n) is 4.33. The summed E-state index contributed by atoms with van der Waals surface area (Å²) in [6.07, 6.45) is 6.11. The largest absolute Gasteiger partial charge is 0.368 e. The molecule has 5 rings (SSSR count). The van der Waals surface area contributed by atoms with E-state index in [-0.39, 0.29) is 11.1 Å². The van der Waals surface area contributed by atoms with Crippen molar-refractivity contribution in [3.8, 4) is 28.6 Å². The number of pyridine rings is 2. The van der Waals surface area contributed by atoms with Gasteiger partial charge in [0.1, 0.15) is 23.2 Å². The number of halogens is 1. The van der Waals surface area contributed by atoms with Crippen LogP contribution >= 0.6 is 0 Å². The number of aromatic amines is 1. The van der Waals surface area contributed by atoms with Crippen molar-refractivity contribution in [2.75, 3.05) is 18.0 Å². The van der Waals surface area contributed by atoms with Gasteiger partial charge < -0.3 is 15.6 Å². The zero-order chi connectivity index (χ0) is 22.5. The van der Waals surface area contributed by atoms with Gasteiger partial charge in [0.15, 0.2) is 0 Å². The molecule has 1 aromatic carbocycles. The molecule has 160 valence electrons. The van der Waals surface area contributed by atoms with Crippen molar-refractivity contribution in [2.24, 2.45) is 5.73 Å². The normalized spacial score (nSPS) is 18.3. The first-order chi connectivity index (χ1) is 15.4. The van der Waals surface area contributed by atoms with E-state index in [9.17, 15) is 9.65 Å². The molecule has 0 saturated carbocycles. The monoisotopic (exact) mass is 427 g/mol. The maximum atomic E-state index is 14.0. The Morgan fingerprint density at radius 2 is 2.06 bits per heavy atom. The number of aryl methyl sites for hydroxylation is 1. The van der Waals surface area contributed by atoms with E-state index in [2.05, 4.69) is 19.9 Å². The highest BCUT2D eigenvalue weighted by Gasteiger charge is 2.33. The Morgan fingerprint density at radius 3 is 2.78 bits per heavy atom. The quantitative estimate of drug-likeness (QED) is 0.513. The molecule has 0 aliphatic carbocycles. The van der Waals surface area contributed by atoms with E-state index in [0.717, 1.165) is 46.5 Å². The molecule has 7 nitrogen and oxygen atoms in total. The Morgan fingerprint density at radius 1 is 1.25 bits per heavy atom. The number of nitrogens with one attached hydrogen (secondary N) is 1. The minimum absolute atomic E-state index is 0.00521. The predicted octanol–water partition coefficient (Wildman–Crippen LogP) is 3.93. The highest BCUT2D eigenvalue weighted by Crippen LogP contribution is 2.41. The van der Waals surface area contributed by atoms with Crippen molar-refractivity contribution in [2.45, 2.75) is 25.8 Å². The maximum absolute atomic E-state index is 14.0. The molecule has 4 aromatic rings. The van der Waals surface area contributed by atoms with Crippen molar-refractivity contribution in [1.82, 2.24) is 19.9 Å². The molecule has 1 fully saturated rings. The first kappa shape index (κ1) is 20.1. The molecule has 3 N–H and O–H groups in total. The number of fused-ring (bicyclic) bond motifs is 1. The van der Waals surface area contributed by atoms with Crippen LogP contribution in [0.4, 0.5) is 10.1 Å². The lowest BCUT2D eigenvalue weighted by Crippen LogP contribution is -2.39. The van der Waals surface area contributed by atoms with Crippen molar-refractivity contribution in [3.63, 3.8) is 0 Å². The highest BCUT2D eigenvalue weighted by atomic mass is 19.1. The number of imidazole rings is 1. The summed E-state index contributed by atoms with van der Waals surface area (Å²) in [6.45, 7) is 5.38. The zero-order valence-electron chi connectivity index (χ0n) is 17.9. The summed E-state index contributed by atoms with van der Waals surface area (Å²) in [5.41, 5.74) is 11.9. The Balaban J connectivity index is 1.75. The molecule has 1 unspecified atom stereocenters. The molecule has 0 spiro atoms. The molecule has 0 radical (unpaired) electrons. The number of nitrogens with two attached hydrogens (primary N) is 1. The van der Waals surface area contributed by atoms with Crippen molar-refractivity contribution in [1.29, 1.82) is 5.26 Å². The van der Waals surface area contributed by atoms with E-state index >= 15 is 0 Å².